The molecule has 5 N–H and O–H groups in total. The van der Waals surface area contributed by atoms with Gasteiger partial charge in [-0.05, 0) is 300 Å². The SMILES string of the molecule is C=C=C=C=C=C=C=C=C=C=C=C=C=C=C=C=C=C=C=C.CB(O)Nc1cc(CN2CCC(C(=O)N3CCC(n4c(-c5ccccn5)nc5ccccc54)CC3)CC2)ccn1.CB(O)Nc1cc(CN2CCC(C(C)=O)CC2)ccn1.[B]B([B])B([B])B(B(B([B])[B])B([B])[B])B(B([B])[B])B([B])[B].c1ccc(-c2nc3ccccc3n2C2CCNCC2)nc1. The Morgan fingerprint density at radius 1 is 0.446 bits per heavy atom. The number of aromatic nitrogens is 8. The number of fused-ring (bicyclic) bond motifs is 2. The molecule has 121 heavy (non-hydrogen) atoms. The highest BCUT2D eigenvalue weighted by Crippen LogP contribution is 2.35. The number of ketones is 1. The Labute approximate surface area is 732 Å². The normalized spacial score (nSPS) is 13.5. The number of hydrogen-bond donors (Lipinski definition) is 5. The zero-order valence-electron chi connectivity index (χ0n) is 69.0. The fourth-order valence-corrected chi connectivity index (χ4v) is 15.0. The number of Topliss-reactive ketones (excluding diaryl/α,β-unsaturated/α-hetero) is 1. The molecule has 0 spiro atoms. The summed E-state index contributed by atoms with van der Waals surface area (Å²) in [5.41, 5.74) is 52.9. The van der Waals surface area contributed by atoms with Crippen LogP contribution in [0.1, 0.15) is 81.5 Å². The Hall–Kier alpha value is -10.3. The summed E-state index contributed by atoms with van der Waals surface area (Å²) < 4.78 is 4.73. The zero-order chi connectivity index (χ0) is 87.0. The van der Waals surface area contributed by atoms with Crippen molar-refractivity contribution < 1.29 is 19.6 Å². The van der Waals surface area contributed by atoms with Crippen molar-refractivity contribution in [1.29, 1.82) is 0 Å². The predicted molar refractivity (Wildman–Crippen MR) is 512 cm³/mol. The second-order valence-corrected chi connectivity index (χ2v) is 29.6. The summed E-state index contributed by atoms with van der Waals surface area (Å²) in [7, 11) is 61.9. The van der Waals surface area contributed by atoms with Crippen LogP contribution >= 0.6 is 0 Å². The number of nitrogens with one attached hydrogen (secondary N) is 3. The molecule has 0 atom stereocenters. The number of carbonyl (C=O) groups is 2. The second-order valence-electron chi connectivity index (χ2n) is 29.6. The average molecular weight is 1550 g/mol. The molecule has 4 aliphatic rings. The Bertz CT molecular complexity index is 5350. The van der Waals surface area contributed by atoms with Crippen molar-refractivity contribution in [1.82, 2.24) is 59.1 Å². The summed E-state index contributed by atoms with van der Waals surface area (Å²) in [6, 6.07) is 37.3. The van der Waals surface area contributed by atoms with Gasteiger partial charge in [-0.1, -0.05) is 47.9 Å². The van der Waals surface area contributed by atoms with Crippen molar-refractivity contribution in [2.45, 2.75) is 97.1 Å². The van der Waals surface area contributed by atoms with E-state index in [1.165, 1.54) is 11.1 Å². The topological polar surface area (TPSA) is 208 Å². The van der Waals surface area contributed by atoms with Gasteiger partial charge in [0.25, 0.3) is 0 Å². The van der Waals surface area contributed by atoms with Gasteiger partial charge in [0, 0.05) is 217 Å². The van der Waals surface area contributed by atoms with Gasteiger partial charge >= 0.3 is 14.1 Å². The van der Waals surface area contributed by atoms with Crippen molar-refractivity contribution in [3.8, 4) is 23.0 Å². The molecule has 564 valence electrons. The van der Waals surface area contributed by atoms with Crippen LogP contribution in [-0.2, 0) is 22.7 Å². The van der Waals surface area contributed by atoms with E-state index in [9.17, 15) is 19.6 Å². The molecule has 2 aromatic carbocycles. The zero-order valence-corrected chi connectivity index (χ0v) is 69.0. The predicted octanol–water partition coefficient (Wildman–Crippen LogP) is 4.50. The third kappa shape index (κ3) is 31.0. The number of piperidine rings is 4. The molecule has 0 aliphatic carbocycles. The molecule has 18 nitrogen and oxygen atoms in total. The first-order chi connectivity index (χ1) is 58.5. The van der Waals surface area contributed by atoms with E-state index in [4.69, 9.17) is 95.1 Å². The highest BCUT2D eigenvalue weighted by atomic mass is 16.2. The molecule has 6 aromatic heterocycles. The lowest BCUT2D eigenvalue weighted by molar-refractivity contribution is -0.138. The molecular weight excluding hydrogens is 1470 g/mol. The lowest BCUT2D eigenvalue weighted by Crippen LogP contribution is -2.80. The fourth-order valence-electron chi connectivity index (χ4n) is 15.0. The minimum Gasteiger partial charge on any atom is -0.433 e. The van der Waals surface area contributed by atoms with E-state index in [0.29, 0.717) is 29.4 Å². The lowest BCUT2D eigenvalue weighted by atomic mass is 8.39. The number of hydrogen-bond acceptors (Lipinski definition) is 15. The largest absolute Gasteiger partial charge is 0.433 e. The standard InChI is InChI=1S/C30H36BN7O2.C20H4.C17H18N4.C14H22BN3O2.B20/c1-31(40)35-28-20-22(9-15-33-28)21-36-16-10-23(11-17-36)30(39)37-18-12-24(13-19-37)38-27-8-3-2-6-25(27)34-29(38)26-7-4-5-14-32-26;1-3-5-7-9-11-13-15-17-19-20-18-16-14-12-10-8-6-4-2;1-2-7-16-14(5-1)20-17(15-6-3-4-10-19-15)21(16)13-8-11-18-12-9-13;1-11(19)13-4-7-18(8-5-13)10-12-3-6-16-14(9-12)17-15(2)20;1-12(2)17(11)20(18(13(3)4)14(5)6)19(15(7)8)16(9)10/h2-9,14-15,20,23-24,40H,10-13,16-19,21H2,1H3,(H,33,35);1-2H2;1-7,10,13,18H,8-9,11-12H2;3,6,9,13,20H,4-5,7-8,10H2,1-2H3,(H,16,17);. The van der Waals surface area contributed by atoms with E-state index in [-0.39, 0.29) is 17.9 Å². The van der Waals surface area contributed by atoms with Gasteiger partial charge in [0.1, 0.15) is 28.8 Å². The molecule has 1 amide bonds. The summed E-state index contributed by atoms with van der Waals surface area (Å²) in [5, 5.41) is 28.1. The van der Waals surface area contributed by atoms with Gasteiger partial charge in [0.05, 0.1) is 22.1 Å². The number of rotatable bonds is 22. The highest BCUT2D eigenvalue weighted by molar-refractivity contribution is 8.19. The van der Waals surface area contributed by atoms with Crippen molar-refractivity contribution in [3.63, 3.8) is 0 Å². The molecular formula is C81H80B22N14O4. The molecule has 8 aromatic rings. The van der Waals surface area contributed by atoms with Gasteiger partial charge in [-0.25, -0.2) is 19.9 Å². The fraction of sp³-hybridized carbons (Fsp3) is 0.309. The summed E-state index contributed by atoms with van der Waals surface area (Å²) in [6.07, 6.45) is 7.81. The van der Waals surface area contributed by atoms with E-state index in [1.807, 2.05) is 85.2 Å². The minimum atomic E-state index is -0.889. The van der Waals surface area contributed by atoms with Crippen LogP contribution < -0.4 is 15.8 Å². The minimum absolute atomic E-state index is 0.0934. The Kier molecular flexibility index (Phi) is 40.9. The maximum atomic E-state index is 13.5. The Morgan fingerprint density at radius 3 is 1.16 bits per heavy atom. The van der Waals surface area contributed by atoms with Gasteiger partial charge in [-0.15, -0.1) is 0 Å². The maximum Gasteiger partial charge on any atom is 0.408 e. The van der Waals surface area contributed by atoms with Gasteiger partial charge < -0.3 is 39.9 Å². The van der Waals surface area contributed by atoms with Crippen LogP contribution in [0.15, 0.2) is 250 Å². The third-order valence-corrected chi connectivity index (χ3v) is 20.7. The Morgan fingerprint density at radius 2 is 0.810 bits per heavy atom. The third-order valence-electron chi connectivity index (χ3n) is 20.7. The van der Waals surface area contributed by atoms with Crippen LogP contribution in [0.2, 0.25) is 13.6 Å². The van der Waals surface area contributed by atoms with Crippen LogP contribution in [0.25, 0.3) is 45.1 Å². The number of carbonyl (C=O) groups excluding carboxylic acids is 2. The van der Waals surface area contributed by atoms with Crippen LogP contribution in [0.4, 0.5) is 11.6 Å². The number of benzene rings is 2. The molecule has 0 bridgehead atoms. The van der Waals surface area contributed by atoms with Crippen molar-refractivity contribution in [3.05, 3.63) is 261 Å². The van der Waals surface area contributed by atoms with Crippen molar-refractivity contribution >= 4 is 202 Å². The molecule has 4 saturated heterocycles. The summed E-state index contributed by atoms with van der Waals surface area (Å²) in [5.74, 6) is 4.23. The number of pyridine rings is 4. The van der Waals surface area contributed by atoms with Crippen LogP contribution in [-0.4, -0.2) is 285 Å². The van der Waals surface area contributed by atoms with Crippen LogP contribution in [0, 0.1) is 11.8 Å². The number of amides is 1. The lowest BCUT2D eigenvalue weighted by Gasteiger charge is -2.42. The number of nitrogens with zero attached hydrogens (tertiary/aromatic N) is 11. The number of likely N-dealkylation sites (tertiary alicyclic amines) is 3. The molecule has 22 radical (unpaired) electrons. The summed E-state index contributed by atoms with van der Waals surface area (Å²) >= 11 is 0. The Balaban J connectivity index is 0.000000196. The molecule has 4 aliphatic heterocycles. The van der Waals surface area contributed by atoms with E-state index in [1.54, 1.807) is 33.0 Å². The smallest absolute Gasteiger partial charge is 0.408 e. The maximum absolute atomic E-state index is 13.5. The number of para-hydroxylation sites is 4. The van der Waals surface area contributed by atoms with Crippen LogP contribution in [0.3, 0.4) is 0 Å². The first kappa shape index (κ1) is 96.2. The first-order valence-electron chi connectivity index (χ1n) is 40.3. The van der Waals surface area contributed by atoms with E-state index < -0.39 is 71.6 Å². The number of imidazole rings is 2. The monoisotopic (exact) mass is 1550 g/mol. The van der Waals surface area contributed by atoms with E-state index >= 15 is 0 Å². The van der Waals surface area contributed by atoms with E-state index in [2.05, 4.69) is 212 Å². The highest BCUT2D eigenvalue weighted by Gasteiger charge is 2.44. The van der Waals surface area contributed by atoms with Crippen LogP contribution in [0.5, 0.6) is 0 Å². The molecule has 4 fully saturated rings. The van der Waals surface area contributed by atoms with Gasteiger partial charge in [-0.3, -0.25) is 29.4 Å². The quantitative estimate of drug-likeness (QED) is 0.0468. The summed E-state index contributed by atoms with van der Waals surface area (Å²) in [6.45, 7) is 20.7. The average Bonchev–Trinajstić information content (AvgIpc) is 1.64. The van der Waals surface area contributed by atoms with Gasteiger partial charge in [-0.2, -0.15) is 0 Å². The van der Waals surface area contributed by atoms with Gasteiger partial charge in [0.2, 0.25) is 5.91 Å². The van der Waals surface area contributed by atoms with Gasteiger partial charge in [0.15, 0.2) is 11.6 Å². The van der Waals surface area contributed by atoms with Crippen molar-refractivity contribution in [2.24, 2.45) is 11.8 Å². The molecule has 40 heteroatoms. The molecule has 0 saturated carbocycles. The second kappa shape index (κ2) is 51.5. The first-order valence-corrected chi connectivity index (χ1v) is 40.3. The molecule has 12 rings (SSSR count). The van der Waals surface area contributed by atoms with E-state index in [0.717, 1.165) is 162 Å². The molecule has 0 unspecified atom stereocenters. The molecule has 10 heterocycles. The number of anilines is 2. The van der Waals surface area contributed by atoms with Crippen molar-refractivity contribution in [2.75, 3.05) is 62.8 Å². The summed E-state index contributed by atoms with van der Waals surface area (Å²) in [4.78, 5) is 59.0.